The van der Waals surface area contributed by atoms with Crippen LogP contribution in [0, 0.1) is 5.41 Å². The number of aromatic nitrogens is 6. The van der Waals surface area contributed by atoms with E-state index in [-0.39, 0.29) is 0 Å². The molecule has 1 spiro atoms. The van der Waals surface area contributed by atoms with Crippen molar-refractivity contribution in [3.63, 3.8) is 0 Å². The lowest BCUT2D eigenvalue weighted by molar-refractivity contribution is 0.175. The fourth-order valence-electron chi connectivity index (χ4n) is 4.45. The highest BCUT2D eigenvalue weighted by atomic mass is 15.5. The third kappa shape index (κ3) is 3.40. The standard InChI is InChI=1S/C18H30N8/c1-3-10-26-17(21-22-23-26)14-25(13-16-20-9-11-24(16)4-2)15-12-18(15)5-7-19-8-6-18/h9,11,15,19H,3-8,10,12-14H2,1-2H3/t15-/m1/s1. The summed E-state index contributed by atoms with van der Waals surface area (Å²) in [5, 5.41) is 15.9. The SMILES string of the molecule is CCCn1nnnc1CN(Cc1nccn1CC)[C@@H]1CC12CCNCC2. The average Bonchev–Trinajstić information content (AvgIpc) is 3.01. The molecule has 2 aromatic rings. The molecule has 1 saturated carbocycles. The minimum absolute atomic E-state index is 0.484. The zero-order valence-electron chi connectivity index (χ0n) is 15.9. The summed E-state index contributed by atoms with van der Waals surface area (Å²) < 4.78 is 4.19. The molecular weight excluding hydrogens is 328 g/mol. The zero-order valence-corrected chi connectivity index (χ0v) is 15.9. The van der Waals surface area contributed by atoms with Crippen LogP contribution in [0.1, 0.15) is 51.2 Å². The first-order chi connectivity index (χ1) is 12.8. The van der Waals surface area contributed by atoms with Crippen LogP contribution < -0.4 is 5.32 Å². The van der Waals surface area contributed by atoms with Crippen molar-refractivity contribution in [1.82, 2.24) is 40.0 Å². The first-order valence-corrected chi connectivity index (χ1v) is 9.95. The summed E-state index contributed by atoms with van der Waals surface area (Å²) in [6.07, 6.45) is 8.86. The first-order valence-electron chi connectivity index (χ1n) is 9.95. The van der Waals surface area contributed by atoms with Crippen LogP contribution >= 0.6 is 0 Å². The van der Waals surface area contributed by atoms with E-state index in [4.69, 9.17) is 0 Å². The van der Waals surface area contributed by atoms with E-state index >= 15 is 0 Å². The minimum atomic E-state index is 0.484. The Hall–Kier alpha value is -1.80. The molecule has 2 fully saturated rings. The quantitative estimate of drug-likeness (QED) is 0.770. The Morgan fingerprint density at radius 3 is 2.81 bits per heavy atom. The molecule has 2 aromatic heterocycles. The second kappa shape index (κ2) is 7.44. The molecule has 2 aliphatic rings. The monoisotopic (exact) mass is 358 g/mol. The van der Waals surface area contributed by atoms with Gasteiger partial charge in [0.2, 0.25) is 0 Å². The molecule has 1 saturated heterocycles. The second-order valence-corrected chi connectivity index (χ2v) is 7.69. The fraction of sp³-hybridized carbons (Fsp3) is 0.778. The molecule has 0 aromatic carbocycles. The molecule has 0 radical (unpaired) electrons. The normalized spacial score (nSPS) is 21.6. The maximum atomic E-state index is 4.61. The molecule has 1 N–H and O–H groups in total. The van der Waals surface area contributed by atoms with Crippen LogP contribution in [0.4, 0.5) is 0 Å². The van der Waals surface area contributed by atoms with Gasteiger partial charge in [-0.3, -0.25) is 4.90 Å². The van der Waals surface area contributed by atoms with Crippen LogP contribution in [0.25, 0.3) is 0 Å². The predicted molar refractivity (Wildman–Crippen MR) is 98.2 cm³/mol. The largest absolute Gasteiger partial charge is 0.334 e. The summed E-state index contributed by atoms with van der Waals surface area (Å²) in [4.78, 5) is 7.18. The van der Waals surface area contributed by atoms with E-state index in [1.807, 2.05) is 10.9 Å². The highest BCUT2D eigenvalue weighted by Gasteiger charge is 2.56. The third-order valence-electron chi connectivity index (χ3n) is 6.06. The van der Waals surface area contributed by atoms with Gasteiger partial charge in [0, 0.05) is 31.5 Å². The van der Waals surface area contributed by atoms with E-state index in [2.05, 4.69) is 55.3 Å². The maximum Gasteiger partial charge on any atom is 0.165 e. The Morgan fingerprint density at radius 2 is 2.04 bits per heavy atom. The second-order valence-electron chi connectivity index (χ2n) is 7.69. The summed E-state index contributed by atoms with van der Waals surface area (Å²) in [5.74, 6) is 2.11. The van der Waals surface area contributed by atoms with E-state index in [0.717, 1.165) is 57.3 Å². The third-order valence-corrected chi connectivity index (χ3v) is 6.06. The van der Waals surface area contributed by atoms with E-state index in [1.165, 1.54) is 19.3 Å². The van der Waals surface area contributed by atoms with Crippen LogP contribution in [0.5, 0.6) is 0 Å². The molecule has 1 aliphatic carbocycles. The lowest BCUT2D eigenvalue weighted by Gasteiger charge is -2.29. The van der Waals surface area contributed by atoms with E-state index in [1.54, 1.807) is 0 Å². The number of piperidine rings is 1. The fourth-order valence-corrected chi connectivity index (χ4v) is 4.45. The highest BCUT2D eigenvalue weighted by Crippen LogP contribution is 2.56. The molecular formula is C18H30N8. The minimum Gasteiger partial charge on any atom is -0.334 e. The number of rotatable bonds is 8. The van der Waals surface area contributed by atoms with Gasteiger partial charge in [0.1, 0.15) is 5.82 Å². The van der Waals surface area contributed by atoms with Gasteiger partial charge in [0.15, 0.2) is 5.82 Å². The smallest absolute Gasteiger partial charge is 0.165 e. The van der Waals surface area contributed by atoms with E-state index in [9.17, 15) is 0 Å². The van der Waals surface area contributed by atoms with Gasteiger partial charge in [-0.05, 0) is 61.5 Å². The topological polar surface area (TPSA) is 76.7 Å². The summed E-state index contributed by atoms with van der Waals surface area (Å²) in [5.41, 5.74) is 0.484. The van der Waals surface area contributed by atoms with Gasteiger partial charge in [-0.1, -0.05) is 6.92 Å². The number of imidazole rings is 1. The van der Waals surface area contributed by atoms with Crippen molar-refractivity contribution in [2.24, 2.45) is 5.41 Å². The molecule has 0 amide bonds. The van der Waals surface area contributed by atoms with E-state index in [0.29, 0.717) is 11.5 Å². The molecule has 1 aliphatic heterocycles. The number of nitrogens with zero attached hydrogens (tertiary/aromatic N) is 7. The van der Waals surface area contributed by atoms with Gasteiger partial charge in [0.25, 0.3) is 0 Å². The zero-order chi connectivity index (χ0) is 18.0. The van der Waals surface area contributed by atoms with Crippen LogP contribution in [0.2, 0.25) is 0 Å². The van der Waals surface area contributed by atoms with Crippen LogP contribution in [-0.2, 0) is 26.2 Å². The van der Waals surface area contributed by atoms with Gasteiger partial charge in [-0.25, -0.2) is 9.67 Å². The Morgan fingerprint density at radius 1 is 1.23 bits per heavy atom. The van der Waals surface area contributed by atoms with Crippen molar-refractivity contribution in [2.45, 2.75) is 71.8 Å². The molecule has 8 nitrogen and oxygen atoms in total. The number of hydrogen-bond acceptors (Lipinski definition) is 6. The van der Waals surface area contributed by atoms with Crippen molar-refractivity contribution in [3.8, 4) is 0 Å². The highest BCUT2D eigenvalue weighted by molar-refractivity contribution is 5.11. The van der Waals surface area contributed by atoms with Crippen LogP contribution in [0.3, 0.4) is 0 Å². The first kappa shape index (κ1) is 17.6. The molecule has 3 heterocycles. The predicted octanol–water partition coefficient (Wildman–Crippen LogP) is 1.44. The van der Waals surface area contributed by atoms with Crippen molar-refractivity contribution < 1.29 is 0 Å². The molecule has 0 bridgehead atoms. The van der Waals surface area contributed by atoms with Crippen LogP contribution in [-0.4, -0.2) is 53.8 Å². The number of tetrazole rings is 1. The van der Waals surface area contributed by atoms with E-state index < -0.39 is 0 Å². The molecule has 26 heavy (non-hydrogen) atoms. The lowest BCUT2D eigenvalue weighted by atomic mass is 9.93. The van der Waals surface area contributed by atoms with Crippen LogP contribution in [0.15, 0.2) is 12.4 Å². The van der Waals surface area contributed by atoms with Gasteiger partial charge < -0.3 is 9.88 Å². The van der Waals surface area contributed by atoms with Crippen molar-refractivity contribution in [3.05, 3.63) is 24.0 Å². The lowest BCUT2D eigenvalue weighted by Crippen LogP contribution is -2.36. The Kier molecular flexibility index (Phi) is 5.04. The summed E-state index contributed by atoms with van der Waals surface area (Å²) in [6, 6.07) is 0.610. The maximum absolute atomic E-state index is 4.61. The van der Waals surface area contributed by atoms with Gasteiger partial charge in [-0.15, -0.1) is 5.10 Å². The molecule has 0 unspecified atom stereocenters. The average molecular weight is 358 g/mol. The molecule has 8 heteroatoms. The van der Waals surface area contributed by atoms with Crippen molar-refractivity contribution >= 4 is 0 Å². The van der Waals surface area contributed by atoms with Gasteiger partial charge in [0.05, 0.1) is 13.1 Å². The summed E-state index contributed by atoms with van der Waals surface area (Å²) in [6.45, 7) is 10.1. The number of aryl methyl sites for hydroxylation is 2. The van der Waals surface area contributed by atoms with Gasteiger partial charge in [-0.2, -0.15) is 0 Å². The molecule has 142 valence electrons. The number of hydrogen-bond donors (Lipinski definition) is 1. The molecule has 1 atom stereocenters. The number of nitrogens with one attached hydrogen (secondary N) is 1. The Balaban J connectivity index is 1.54. The summed E-state index contributed by atoms with van der Waals surface area (Å²) in [7, 11) is 0. The Labute approximate surface area is 155 Å². The van der Waals surface area contributed by atoms with Gasteiger partial charge >= 0.3 is 0 Å². The molecule has 4 rings (SSSR count). The Bertz CT molecular complexity index is 714. The summed E-state index contributed by atoms with van der Waals surface area (Å²) >= 11 is 0. The van der Waals surface area contributed by atoms with Crippen molar-refractivity contribution in [1.29, 1.82) is 0 Å². The van der Waals surface area contributed by atoms with Crippen molar-refractivity contribution in [2.75, 3.05) is 13.1 Å².